The fraction of sp³-hybridized carbons (Fsp3) is 0.455. The van der Waals surface area contributed by atoms with E-state index in [9.17, 15) is 12.8 Å². The topological polar surface area (TPSA) is 58.2 Å². The van der Waals surface area contributed by atoms with Crippen molar-refractivity contribution in [2.75, 3.05) is 19.6 Å². The predicted octanol–water partition coefficient (Wildman–Crippen LogP) is 1.76. The van der Waals surface area contributed by atoms with Gasteiger partial charge >= 0.3 is 0 Å². The van der Waals surface area contributed by atoms with E-state index in [1.807, 2.05) is 6.92 Å². The lowest BCUT2D eigenvalue weighted by molar-refractivity contribution is 0.572. The summed E-state index contributed by atoms with van der Waals surface area (Å²) in [7, 11) is -3.71. The second kappa shape index (κ2) is 7.04. The summed E-state index contributed by atoms with van der Waals surface area (Å²) in [4.78, 5) is -0.164. The second-order valence-corrected chi connectivity index (χ2v) is 5.96. The molecule has 0 aliphatic carbocycles. The van der Waals surface area contributed by atoms with Gasteiger partial charge in [-0.3, -0.25) is 0 Å². The number of benzene rings is 1. The molecule has 0 heterocycles. The van der Waals surface area contributed by atoms with Crippen molar-refractivity contribution in [2.45, 2.75) is 18.2 Å². The Labute approximate surface area is 112 Å². The molecule has 0 fully saturated rings. The molecule has 18 heavy (non-hydrogen) atoms. The maximum Gasteiger partial charge on any atom is 0.240 e. The summed E-state index contributed by atoms with van der Waals surface area (Å²) in [5.74, 6) is -0.674. The standard InChI is InChI=1S/C11H16ClFN2O2S/c1-2-3-14-4-5-15-18(16,17)11-7-9(12)6-10(13)8-11/h6-8,14-15H,2-5H2,1H3. The molecule has 0 radical (unpaired) electrons. The number of sulfonamides is 1. The van der Waals surface area contributed by atoms with E-state index in [1.165, 1.54) is 6.07 Å². The van der Waals surface area contributed by atoms with Crippen molar-refractivity contribution in [2.24, 2.45) is 0 Å². The number of halogens is 2. The average Bonchev–Trinajstić information content (AvgIpc) is 2.27. The van der Waals surface area contributed by atoms with Gasteiger partial charge in [-0.25, -0.2) is 17.5 Å². The van der Waals surface area contributed by atoms with Gasteiger partial charge in [0.2, 0.25) is 10.0 Å². The molecule has 0 bridgehead atoms. The summed E-state index contributed by atoms with van der Waals surface area (Å²) in [5, 5.41) is 3.11. The van der Waals surface area contributed by atoms with Crippen LogP contribution in [0.1, 0.15) is 13.3 Å². The molecule has 0 saturated heterocycles. The Hall–Kier alpha value is -0.690. The first-order chi connectivity index (χ1) is 8.45. The molecule has 4 nitrogen and oxygen atoms in total. The molecule has 0 amide bonds. The summed E-state index contributed by atoms with van der Waals surface area (Å²) in [6.07, 6.45) is 0.978. The zero-order valence-electron chi connectivity index (χ0n) is 10.0. The largest absolute Gasteiger partial charge is 0.315 e. The maximum absolute atomic E-state index is 13.1. The van der Waals surface area contributed by atoms with Crippen LogP contribution in [0.15, 0.2) is 23.1 Å². The van der Waals surface area contributed by atoms with Gasteiger partial charge < -0.3 is 5.32 Å². The van der Waals surface area contributed by atoms with Crippen LogP contribution in [-0.2, 0) is 10.0 Å². The van der Waals surface area contributed by atoms with E-state index in [4.69, 9.17) is 11.6 Å². The van der Waals surface area contributed by atoms with Crippen molar-refractivity contribution < 1.29 is 12.8 Å². The fourth-order valence-corrected chi connectivity index (χ4v) is 2.72. The molecule has 0 aliphatic heterocycles. The van der Waals surface area contributed by atoms with Crippen molar-refractivity contribution in [3.63, 3.8) is 0 Å². The Balaban J connectivity index is 2.63. The molecule has 1 rings (SSSR count). The van der Waals surface area contributed by atoms with Gasteiger partial charge in [-0.15, -0.1) is 0 Å². The van der Waals surface area contributed by atoms with Crippen molar-refractivity contribution >= 4 is 21.6 Å². The molecule has 0 aromatic heterocycles. The minimum Gasteiger partial charge on any atom is -0.315 e. The molecule has 1 aromatic rings. The molecule has 102 valence electrons. The lowest BCUT2D eigenvalue weighted by Gasteiger charge is -2.08. The van der Waals surface area contributed by atoms with Crippen LogP contribution in [0, 0.1) is 5.82 Å². The predicted molar refractivity (Wildman–Crippen MR) is 69.8 cm³/mol. The summed E-state index contributed by atoms with van der Waals surface area (Å²) in [5.41, 5.74) is 0. The fourth-order valence-electron chi connectivity index (χ4n) is 1.34. The van der Waals surface area contributed by atoms with Crippen LogP contribution in [0.25, 0.3) is 0 Å². The summed E-state index contributed by atoms with van der Waals surface area (Å²) in [6, 6.07) is 3.21. The van der Waals surface area contributed by atoms with Gasteiger partial charge in [-0.05, 0) is 31.2 Å². The third-order valence-electron chi connectivity index (χ3n) is 2.17. The zero-order valence-corrected chi connectivity index (χ0v) is 11.6. The van der Waals surface area contributed by atoms with Crippen LogP contribution in [0.4, 0.5) is 4.39 Å². The quantitative estimate of drug-likeness (QED) is 0.754. The van der Waals surface area contributed by atoms with Gasteiger partial charge in [-0.2, -0.15) is 0 Å². The number of nitrogens with one attached hydrogen (secondary N) is 2. The van der Waals surface area contributed by atoms with Gasteiger partial charge in [0.25, 0.3) is 0 Å². The van der Waals surface area contributed by atoms with Crippen LogP contribution in [0.3, 0.4) is 0 Å². The maximum atomic E-state index is 13.1. The van der Waals surface area contributed by atoms with E-state index < -0.39 is 15.8 Å². The average molecular weight is 295 g/mol. The summed E-state index contributed by atoms with van der Waals surface area (Å²) >= 11 is 5.61. The van der Waals surface area contributed by atoms with Gasteiger partial charge in [-0.1, -0.05) is 18.5 Å². The first-order valence-electron chi connectivity index (χ1n) is 5.62. The zero-order chi connectivity index (χ0) is 13.6. The molecule has 0 saturated carbocycles. The Kier molecular flexibility index (Phi) is 6.01. The highest BCUT2D eigenvalue weighted by Crippen LogP contribution is 2.17. The Bertz CT molecular complexity index is 474. The Morgan fingerprint density at radius 3 is 2.56 bits per heavy atom. The molecule has 7 heteroatoms. The molecule has 2 N–H and O–H groups in total. The molecule has 0 unspecified atom stereocenters. The van der Waals surface area contributed by atoms with E-state index >= 15 is 0 Å². The first-order valence-corrected chi connectivity index (χ1v) is 7.48. The highest BCUT2D eigenvalue weighted by Gasteiger charge is 2.15. The lowest BCUT2D eigenvalue weighted by Crippen LogP contribution is -2.32. The van der Waals surface area contributed by atoms with Crippen LogP contribution >= 0.6 is 11.6 Å². The normalized spacial score (nSPS) is 11.7. The monoisotopic (exact) mass is 294 g/mol. The number of hydrogen-bond acceptors (Lipinski definition) is 3. The highest BCUT2D eigenvalue weighted by atomic mass is 35.5. The number of rotatable bonds is 7. The Morgan fingerprint density at radius 1 is 1.22 bits per heavy atom. The van der Waals surface area contributed by atoms with E-state index in [0.29, 0.717) is 6.54 Å². The van der Waals surface area contributed by atoms with Crippen LogP contribution in [0.2, 0.25) is 5.02 Å². The van der Waals surface area contributed by atoms with E-state index in [0.717, 1.165) is 25.1 Å². The third-order valence-corrected chi connectivity index (χ3v) is 3.83. The van der Waals surface area contributed by atoms with E-state index in [2.05, 4.69) is 10.0 Å². The van der Waals surface area contributed by atoms with Crippen LogP contribution < -0.4 is 10.0 Å². The van der Waals surface area contributed by atoms with Gasteiger partial charge in [0.05, 0.1) is 4.90 Å². The molecule has 0 aliphatic rings. The van der Waals surface area contributed by atoms with Crippen molar-refractivity contribution in [1.82, 2.24) is 10.0 Å². The number of hydrogen-bond donors (Lipinski definition) is 2. The minimum atomic E-state index is -3.71. The smallest absolute Gasteiger partial charge is 0.240 e. The van der Waals surface area contributed by atoms with Crippen molar-refractivity contribution in [3.8, 4) is 0 Å². The molecular formula is C11H16ClFN2O2S. The van der Waals surface area contributed by atoms with Crippen molar-refractivity contribution in [3.05, 3.63) is 29.0 Å². The van der Waals surface area contributed by atoms with Crippen molar-refractivity contribution in [1.29, 1.82) is 0 Å². The molecule has 0 atom stereocenters. The van der Waals surface area contributed by atoms with Gasteiger partial charge in [0.1, 0.15) is 5.82 Å². The second-order valence-electron chi connectivity index (χ2n) is 3.75. The molecule has 0 spiro atoms. The highest BCUT2D eigenvalue weighted by molar-refractivity contribution is 7.89. The van der Waals surface area contributed by atoms with Crippen LogP contribution in [0.5, 0.6) is 0 Å². The van der Waals surface area contributed by atoms with Gasteiger partial charge in [0, 0.05) is 18.1 Å². The van der Waals surface area contributed by atoms with E-state index in [1.54, 1.807) is 0 Å². The molecule has 1 aromatic carbocycles. The Morgan fingerprint density at radius 2 is 1.94 bits per heavy atom. The third kappa shape index (κ3) is 4.89. The first kappa shape index (κ1) is 15.4. The SMILES string of the molecule is CCCNCCNS(=O)(=O)c1cc(F)cc(Cl)c1. The summed E-state index contributed by atoms with van der Waals surface area (Å²) < 4.78 is 39.0. The molecular weight excluding hydrogens is 279 g/mol. The lowest BCUT2D eigenvalue weighted by atomic mass is 10.3. The minimum absolute atomic E-state index is 0.0551. The van der Waals surface area contributed by atoms with Crippen LogP contribution in [-0.4, -0.2) is 28.1 Å². The van der Waals surface area contributed by atoms with E-state index in [-0.39, 0.29) is 16.5 Å². The van der Waals surface area contributed by atoms with Gasteiger partial charge in [0.15, 0.2) is 0 Å². The summed E-state index contributed by atoms with van der Waals surface area (Å²) in [6.45, 7) is 3.62.